The molecular formula is C15H19NO3. The van der Waals surface area contributed by atoms with Gasteiger partial charge in [-0.2, -0.15) is 0 Å². The Morgan fingerprint density at radius 2 is 2.00 bits per heavy atom. The second-order valence-electron chi connectivity index (χ2n) is 5.24. The first kappa shape index (κ1) is 12.6. The highest BCUT2D eigenvalue weighted by Gasteiger charge is 2.43. The van der Waals surface area contributed by atoms with Crippen LogP contribution in [0, 0.1) is 0 Å². The Balaban J connectivity index is 1.50. The van der Waals surface area contributed by atoms with Crippen LogP contribution in [0.25, 0.3) is 0 Å². The molecule has 0 bridgehead atoms. The van der Waals surface area contributed by atoms with Crippen LogP contribution in [0.4, 0.5) is 0 Å². The van der Waals surface area contributed by atoms with Crippen molar-refractivity contribution in [2.75, 3.05) is 13.2 Å². The van der Waals surface area contributed by atoms with Crippen LogP contribution < -0.4 is 5.32 Å². The van der Waals surface area contributed by atoms with Crippen molar-refractivity contribution in [3.63, 3.8) is 0 Å². The predicted octanol–water partition coefficient (Wildman–Crippen LogP) is 2.10. The van der Waals surface area contributed by atoms with Gasteiger partial charge >= 0.3 is 0 Å². The Kier molecular flexibility index (Phi) is 3.53. The number of benzene rings is 1. The van der Waals surface area contributed by atoms with Crippen molar-refractivity contribution in [1.82, 2.24) is 5.32 Å². The molecule has 0 radical (unpaired) electrons. The first-order chi connectivity index (χ1) is 9.27. The van der Waals surface area contributed by atoms with E-state index in [1.807, 2.05) is 18.2 Å². The van der Waals surface area contributed by atoms with E-state index in [1.165, 1.54) is 12.8 Å². The number of carbonyl (C=O) groups is 1. The van der Waals surface area contributed by atoms with Gasteiger partial charge in [-0.05, 0) is 25.0 Å². The smallest absolute Gasteiger partial charge is 0.251 e. The lowest BCUT2D eigenvalue weighted by molar-refractivity contribution is -0.161. The Morgan fingerprint density at radius 3 is 2.74 bits per heavy atom. The summed E-state index contributed by atoms with van der Waals surface area (Å²) in [5.41, 5.74) is 0.678. The molecule has 102 valence electrons. The predicted molar refractivity (Wildman–Crippen MR) is 70.8 cm³/mol. The number of rotatable bonds is 3. The fourth-order valence-corrected chi connectivity index (χ4v) is 2.79. The van der Waals surface area contributed by atoms with E-state index in [0.29, 0.717) is 18.7 Å². The highest BCUT2D eigenvalue weighted by molar-refractivity contribution is 5.94. The quantitative estimate of drug-likeness (QED) is 0.906. The number of ether oxygens (including phenoxy) is 2. The van der Waals surface area contributed by atoms with Gasteiger partial charge in [-0.15, -0.1) is 0 Å². The van der Waals surface area contributed by atoms with E-state index in [4.69, 9.17) is 9.47 Å². The molecule has 1 saturated heterocycles. The highest BCUT2D eigenvalue weighted by atomic mass is 16.7. The summed E-state index contributed by atoms with van der Waals surface area (Å²) in [5, 5.41) is 2.90. The molecule has 1 aliphatic heterocycles. The number of hydrogen-bond acceptors (Lipinski definition) is 3. The summed E-state index contributed by atoms with van der Waals surface area (Å²) in [4.78, 5) is 11.9. The summed E-state index contributed by atoms with van der Waals surface area (Å²) >= 11 is 0. The van der Waals surface area contributed by atoms with Crippen LogP contribution in [0.3, 0.4) is 0 Å². The topological polar surface area (TPSA) is 47.6 Å². The van der Waals surface area contributed by atoms with Gasteiger partial charge in [0.2, 0.25) is 0 Å². The Hall–Kier alpha value is -1.39. The van der Waals surface area contributed by atoms with Gasteiger partial charge in [-0.1, -0.05) is 18.2 Å². The fraction of sp³-hybridized carbons (Fsp3) is 0.533. The van der Waals surface area contributed by atoms with E-state index in [0.717, 1.165) is 12.8 Å². The van der Waals surface area contributed by atoms with Crippen molar-refractivity contribution in [3.8, 4) is 0 Å². The average Bonchev–Trinajstić information content (AvgIpc) is 3.08. The van der Waals surface area contributed by atoms with Crippen molar-refractivity contribution in [3.05, 3.63) is 35.9 Å². The first-order valence-corrected chi connectivity index (χ1v) is 6.92. The molecular weight excluding hydrogens is 242 g/mol. The van der Waals surface area contributed by atoms with Crippen molar-refractivity contribution in [2.24, 2.45) is 0 Å². The minimum absolute atomic E-state index is 0.0224. The third-order valence-electron chi connectivity index (χ3n) is 3.81. The van der Waals surface area contributed by atoms with Gasteiger partial charge in [0.05, 0.1) is 6.61 Å². The van der Waals surface area contributed by atoms with Gasteiger partial charge in [-0.3, -0.25) is 4.79 Å². The minimum atomic E-state index is -0.345. The van der Waals surface area contributed by atoms with Crippen LogP contribution in [0.2, 0.25) is 0 Å². The zero-order valence-electron chi connectivity index (χ0n) is 10.9. The largest absolute Gasteiger partial charge is 0.349 e. The maximum Gasteiger partial charge on any atom is 0.251 e. The van der Waals surface area contributed by atoms with Crippen LogP contribution in [0.1, 0.15) is 36.0 Å². The van der Waals surface area contributed by atoms with E-state index in [2.05, 4.69) is 5.32 Å². The molecule has 1 aliphatic carbocycles. The van der Waals surface area contributed by atoms with Gasteiger partial charge in [0.15, 0.2) is 5.79 Å². The van der Waals surface area contributed by atoms with Gasteiger partial charge in [-0.25, -0.2) is 0 Å². The molecule has 1 aromatic rings. The first-order valence-electron chi connectivity index (χ1n) is 6.92. The highest BCUT2D eigenvalue weighted by Crippen LogP contribution is 2.38. The van der Waals surface area contributed by atoms with Crippen LogP contribution in [0.5, 0.6) is 0 Å². The Morgan fingerprint density at radius 1 is 1.26 bits per heavy atom. The maximum atomic E-state index is 11.9. The van der Waals surface area contributed by atoms with Gasteiger partial charge in [0, 0.05) is 24.9 Å². The molecule has 2 aliphatic rings. The molecule has 4 nitrogen and oxygen atoms in total. The Labute approximate surface area is 113 Å². The molecule has 3 rings (SSSR count). The van der Waals surface area contributed by atoms with Crippen LogP contribution in [0.15, 0.2) is 30.3 Å². The second kappa shape index (κ2) is 5.31. The molecule has 1 atom stereocenters. The SMILES string of the molecule is O=C(NCC1COC2(CCCC2)O1)c1ccccc1. The van der Waals surface area contributed by atoms with Crippen molar-refractivity contribution >= 4 is 5.91 Å². The van der Waals surface area contributed by atoms with Crippen molar-refractivity contribution in [1.29, 1.82) is 0 Å². The normalized spacial score (nSPS) is 24.7. The third-order valence-corrected chi connectivity index (χ3v) is 3.81. The summed E-state index contributed by atoms with van der Waals surface area (Å²) in [5.74, 6) is -0.404. The van der Waals surface area contributed by atoms with E-state index < -0.39 is 0 Å². The number of amides is 1. The molecule has 1 saturated carbocycles. The summed E-state index contributed by atoms with van der Waals surface area (Å²) in [6.07, 6.45) is 4.28. The lowest BCUT2D eigenvalue weighted by atomic mass is 10.2. The van der Waals surface area contributed by atoms with Gasteiger partial charge < -0.3 is 14.8 Å². The summed E-state index contributed by atoms with van der Waals surface area (Å²) in [6.45, 7) is 1.09. The summed E-state index contributed by atoms with van der Waals surface area (Å²) < 4.78 is 11.7. The molecule has 1 unspecified atom stereocenters. The standard InChI is InChI=1S/C15H19NO3/c17-14(12-6-2-1-3-7-12)16-10-13-11-18-15(19-13)8-4-5-9-15/h1-3,6-7,13H,4-5,8-11H2,(H,16,17). The fourth-order valence-electron chi connectivity index (χ4n) is 2.79. The molecule has 1 heterocycles. The van der Waals surface area contributed by atoms with Gasteiger partial charge in [0.25, 0.3) is 5.91 Å². The molecule has 19 heavy (non-hydrogen) atoms. The minimum Gasteiger partial charge on any atom is -0.349 e. The van der Waals surface area contributed by atoms with Crippen LogP contribution >= 0.6 is 0 Å². The lowest BCUT2D eigenvalue weighted by Gasteiger charge is -2.21. The molecule has 1 aromatic carbocycles. The Bertz CT molecular complexity index is 440. The molecule has 2 fully saturated rings. The second-order valence-corrected chi connectivity index (χ2v) is 5.24. The zero-order valence-corrected chi connectivity index (χ0v) is 10.9. The van der Waals surface area contributed by atoms with Crippen LogP contribution in [-0.2, 0) is 9.47 Å². The van der Waals surface area contributed by atoms with Gasteiger partial charge in [0.1, 0.15) is 6.10 Å². The molecule has 1 N–H and O–H groups in total. The maximum absolute atomic E-state index is 11.9. The number of carbonyl (C=O) groups excluding carboxylic acids is 1. The number of nitrogens with one attached hydrogen (secondary N) is 1. The monoisotopic (exact) mass is 261 g/mol. The van der Waals surface area contributed by atoms with E-state index in [9.17, 15) is 4.79 Å². The number of hydrogen-bond donors (Lipinski definition) is 1. The van der Waals surface area contributed by atoms with E-state index >= 15 is 0 Å². The van der Waals surface area contributed by atoms with Crippen molar-refractivity contribution in [2.45, 2.75) is 37.6 Å². The average molecular weight is 261 g/mol. The molecule has 1 amide bonds. The summed E-state index contributed by atoms with van der Waals surface area (Å²) in [6, 6.07) is 9.23. The molecule has 4 heteroatoms. The van der Waals surface area contributed by atoms with Crippen LogP contribution in [-0.4, -0.2) is 30.9 Å². The zero-order chi connectivity index (χ0) is 13.1. The lowest BCUT2D eigenvalue weighted by Crippen LogP contribution is -2.35. The molecule has 0 aromatic heterocycles. The van der Waals surface area contributed by atoms with E-state index in [-0.39, 0.29) is 17.8 Å². The van der Waals surface area contributed by atoms with Crippen molar-refractivity contribution < 1.29 is 14.3 Å². The molecule has 1 spiro atoms. The summed E-state index contributed by atoms with van der Waals surface area (Å²) in [7, 11) is 0. The van der Waals surface area contributed by atoms with E-state index in [1.54, 1.807) is 12.1 Å². The third kappa shape index (κ3) is 2.80.